The number of piperidine rings is 1. The quantitative estimate of drug-likeness (QED) is 0.691. The van der Waals surface area contributed by atoms with Crippen LogP contribution in [0.5, 0.6) is 5.75 Å². The number of likely N-dealkylation sites (tertiary alicyclic amines) is 1. The Labute approximate surface area is 198 Å². The van der Waals surface area contributed by atoms with Crippen LogP contribution < -0.4 is 15.4 Å². The first-order valence-electron chi connectivity index (χ1n) is 11.9. The maximum absolute atomic E-state index is 12.9. The van der Waals surface area contributed by atoms with E-state index in [0.717, 1.165) is 62.4 Å². The van der Waals surface area contributed by atoms with Crippen LogP contribution in [0.4, 0.5) is 16.2 Å². The van der Waals surface area contributed by atoms with E-state index in [2.05, 4.69) is 32.5 Å². The molecule has 8 nitrogen and oxygen atoms in total. The van der Waals surface area contributed by atoms with Crippen LogP contribution in [0.1, 0.15) is 35.6 Å². The lowest BCUT2D eigenvalue weighted by molar-refractivity contribution is -0.122. The van der Waals surface area contributed by atoms with Gasteiger partial charge in [0.15, 0.2) is 5.69 Å². The molecule has 4 aliphatic rings. The zero-order valence-corrected chi connectivity index (χ0v) is 19.0. The van der Waals surface area contributed by atoms with E-state index in [1.165, 1.54) is 11.1 Å². The van der Waals surface area contributed by atoms with Gasteiger partial charge in [0.2, 0.25) is 5.91 Å². The molecule has 2 N–H and O–H groups in total. The summed E-state index contributed by atoms with van der Waals surface area (Å²) >= 11 is 0. The van der Waals surface area contributed by atoms with Crippen LogP contribution in [0.3, 0.4) is 0 Å². The summed E-state index contributed by atoms with van der Waals surface area (Å²) in [5.41, 5.74) is 4.38. The summed E-state index contributed by atoms with van der Waals surface area (Å²) in [5.74, 6) is 0.932. The molecule has 174 valence electrons. The third-order valence-electron chi connectivity index (χ3n) is 7.90. The lowest BCUT2D eigenvalue weighted by Crippen LogP contribution is -2.47. The Morgan fingerprint density at radius 2 is 1.97 bits per heavy atom. The molecule has 34 heavy (non-hydrogen) atoms. The molecule has 1 spiro atoms. The predicted molar refractivity (Wildman–Crippen MR) is 127 cm³/mol. The number of ether oxygens (including phenoxy) is 1. The smallest absolute Gasteiger partial charge is 0.318 e. The number of nitrogens with one attached hydrogen (secondary N) is 2. The summed E-state index contributed by atoms with van der Waals surface area (Å²) in [6, 6.07) is 11.9. The van der Waals surface area contributed by atoms with E-state index in [0.29, 0.717) is 18.8 Å². The van der Waals surface area contributed by atoms with Crippen molar-refractivity contribution in [3.05, 3.63) is 64.5 Å². The normalized spacial score (nSPS) is 22.4. The minimum absolute atomic E-state index is 0.0321. The second-order valence-electron chi connectivity index (χ2n) is 9.57. The number of anilines is 1. The highest BCUT2D eigenvalue weighted by Crippen LogP contribution is 2.46. The van der Waals surface area contributed by atoms with Gasteiger partial charge in [-0.3, -0.25) is 9.69 Å². The molecule has 2 aromatic rings. The first-order chi connectivity index (χ1) is 16.6. The van der Waals surface area contributed by atoms with Crippen LogP contribution in [0.15, 0.2) is 36.4 Å². The number of hydrogen-bond donors (Lipinski definition) is 2. The van der Waals surface area contributed by atoms with Crippen molar-refractivity contribution in [2.24, 2.45) is 0 Å². The van der Waals surface area contributed by atoms with Crippen LogP contribution in [0.25, 0.3) is 4.85 Å². The van der Waals surface area contributed by atoms with Crippen molar-refractivity contribution >= 4 is 23.3 Å². The monoisotopic (exact) mass is 457 g/mol. The topological polar surface area (TPSA) is 78.3 Å². The van der Waals surface area contributed by atoms with Gasteiger partial charge in [0.05, 0.1) is 18.0 Å². The fraction of sp³-hybridized carbons (Fsp3) is 0.423. The Morgan fingerprint density at radius 1 is 1.12 bits per heavy atom. The SMILES string of the molecule is [C-]#[N+]c1ccc2c(c1)C1(CCN(CCOc3ccc4c(c3)CCN3C(=O)NCC43)CC1)C(=O)N2. The van der Waals surface area contributed by atoms with Gasteiger partial charge in [-0.2, -0.15) is 0 Å². The number of nitrogens with zero attached hydrogens (tertiary/aromatic N) is 3. The molecular weight excluding hydrogens is 430 g/mol. The Bertz CT molecular complexity index is 1210. The van der Waals surface area contributed by atoms with Crippen molar-refractivity contribution in [1.82, 2.24) is 15.1 Å². The number of carbonyl (C=O) groups is 2. The van der Waals surface area contributed by atoms with Gasteiger partial charge in [0.25, 0.3) is 0 Å². The molecule has 6 rings (SSSR count). The molecular formula is C26H27N5O3. The maximum atomic E-state index is 12.9. The predicted octanol–water partition coefficient (Wildman–Crippen LogP) is 3.22. The average molecular weight is 458 g/mol. The highest BCUT2D eigenvalue weighted by Gasteiger charge is 2.48. The molecule has 0 saturated carbocycles. The molecule has 0 aromatic heterocycles. The summed E-state index contributed by atoms with van der Waals surface area (Å²) in [4.78, 5) is 32.6. The van der Waals surface area contributed by atoms with Crippen LogP contribution >= 0.6 is 0 Å². The van der Waals surface area contributed by atoms with E-state index in [1.54, 1.807) is 6.07 Å². The first-order valence-corrected chi connectivity index (χ1v) is 11.9. The summed E-state index contributed by atoms with van der Waals surface area (Å²) in [6.07, 6.45) is 2.34. The highest BCUT2D eigenvalue weighted by atomic mass is 16.5. The molecule has 1 atom stereocenters. The lowest BCUT2D eigenvalue weighted by Gasteiger charge is -2.38. The Morgan fingerprint density at radius 3 is 2.79 bits per heavy atom. The van der Waals surface area contributed by atoms with E-state index in [-0.39, 0.29) is 18.0 Å². The van der Waals surface area contributed by atoms with Crippen LogP contribution in [-0.4, -0.2) is 61.1 Å². The number of fused-ring (bicyclic) bond motifs is 5. The van der Waals surface area contributed by atoms with Crippen molar-refractivity contribution in [3.63, 3.8) is 0 Å². The van der Waals surface area contributed by atoms with Crippen LogP contribution in [0, 0.1) is 6.57 Å². The fourth-order valence-corrected chi connectivity index (χ4v) is 5.95. The molecule has 2 aromatic carbocycles. The van der Waals surface area contributed by atoms with Crippen molar-refractivity contribution in [2.75, 3.05) is 44.6 Å². The Kier molecular flexibility index (Phi) is 4.96. The van der Waals surface area contributed by atoms with Gasteiger partial charge >= 0.3 is 6.03 Å². The number of amides is 3. The van der Waals surface area contributed by atoms with Gasteiger partial charge < -0.3 is 20.3 Å². The Hall–Kier alpha value is -3.57. The van der Waals surface area contributed by atoms with E-state index in [1.807, 2.05) is 23.1 Å². The van der Waals surface area contributed by atoms with Crippen molar-refractivity contribution < 1.29 is 14.3 Å². The lowest BCUT2D eigenvalue weighted by atomic mass is 9.73. The van der Waals surface area contributed by atoms with E-state index < -0.39 is 5.41 Å². The second-order valence-corrected chi connectivity index (χ2v) is 9.57. The molecule has 4 heterocycles. The third kappa shape index (κ3) is 3.31. The number of carbonyl (C=O) groups excluding carboxylic acids is 2. The van der Waals surface area contributed by atoms with Gasteiger partial charge in [0, 0.05) is 25.3 Å². The largest absolute Gasteiger partial charge is 0.492 e. The zero-order valence-electron chi connectivity index (χ0n) is 19.0. The van der Waals surface area contributed by atoms with Crippen LogP contribution in [-0.2, 0) is 16.6 Å². The molecule has 2 fully saturated rings. The zero-order chi connectivity index (χ0) is 23.3. The number of urea groups is 1. The van der Waals surface area contributed by atoms with Gasteiger partial charge in [-0.15, -0.1) is 0 Å². The fourth-order valence-electron chi connectivity index (χ4n) is 5.95. The van der Waals surface area contributed by atoms with Crippen LogP contribution in [0.2, 0.25) is 0 Å². The Balaban J connectivity index is 1.05. The maximum Gasteiger partial charge on any atom is 0.318 e. The first kappa shape index (κ1) is 21.0. The highest BCUT2D eigenvalue weighted by molar-refractivity contribution is 6.06. The van der Waals surface area contributed by atoms with Crippen molar-refractivity contribution in [3.8, 4) is 5.75 Å². The molecule has 1 unspecified atom stereocenters. The summed E-state index contributed by atoms with van der Waals surface area (Å²) in [7, 11) is 0. The van der Waals surface area contributed by atoms with Crippen molar-refractivity contribution in [1.29, 1.82) is 0 Å². The van der Waals surface area contributed by atoms with Gasteiger partial charge in [0.1, 0.15) is 12.4 Å². The summed E-state index contributed by atoms with van der Waals surface area (Å²) in [5, 5.41) is 5.95. The minimum atomic E-state index is -0.518. The molecule has 0 bridgehead atoms. The molecule has 3 amide bonds. The van der Waals surface area contributed by atoms with Gasteiger partial charge in [-0.25, -0.2) is 9.64 Å². The molecule has 8 heteroatoms. The minimum Gasteiger partial charge on any atom is -0.492 e. The van der Waals surface area contributed by atoms with Gasteiger partial charge in [-0.05, 0) is 67.2 Å². The standard InChI is InChI=1S/C26H27N5O3/c1-27-18-2-5-22-21(15-18)26(24(32)29-22)7-10-30(11-8-26)12-13-34-19-3-4-20-17(14-19)6-9-31-23(20)16-28-25(31)33/h2-5,14-15,23H,6-13,16H2,(H,28,33)(H,29,32). The molecule has 0 radical (unpaired) electrons. The molecule has 0 aliphatic carbocycles. The van der Waals surface area contributed by atoms with E-state index >= 15 is 0 Å². The number of hydrogen-bond acceptors (Lipinski definition) is 4. The molecule has 2 saturated heterocycles. The molecule has 4 aliphatic heterocycles. The van der Waals surface area contributed by atoms with Crippen molar-refractivity contribution in [2.45, 2.75) is 30.7 Å². The second kappa shape index (κ2) is 8.03. The average Bonchev–Trinajstić information content (AvgIpc) is 3.37. The summed E-state index contributed by atoms with van der Waals surface area (Å²) < 4.78 is 6.08. The number of benzene rings is 2. The summed E-state index contributed by atoms with van der Waals surface area (Å²) in [6.45, 7) is 11.8. The van der Waals surface area contributed by atoms with Gasteiger partial charge in [-0.1, -0.05) is 18.2 Å². The van der Waals surface area contributed by atoms with E-state index in [4.69, 9.17) is 11.3 Å². The number of rotatable bonds is 4. The van der Waals surface area contributed by atoms with E-state index in [9.17, 15) is 9.59 Å². The third-order valence-corrected chi connectivity index (χ3v) is 7.90.